The zero-order valence-electron chi connectivity index (χ0n) is 18.2. The molecule has 1 aromatic carbocycles. The Morgan fingerprint density at radius 1 is 1.12 bits per heavy atom. The van der Waals surface area contributed by atoms with Crippen molar-refractivity contribution < 1.29 is 22.5 Å². The van der Waals surface area contributed by atoms with Crippen molar-refractivity contribution in [2.45, 2.75) is 38.4 Å². The van der Waals surface area contributed by atoms with E-state index >= 15 is 0 Å². The van der Waals surface area contributed by atoms with E-state index in [2.05, 4.69) is 9.97 Å². The minimum atomic E-state index is -4.41. The minimum Gasteiger partial charge on any atom is -0.478 e. The number of imidazole rings is 2. The third-order valence-corrected chi connectivity index (χ3v) is 5.99. The fraction of sp³-hybridized carbons (Fsp3) is 0.292. The van der Waals surface area contributed by atoms with Crippen LogP contribution in [0.5, 0.6) is 5.88 Å². The number of rotatable bonds is 4. The first-order valence-electron chi connectivity index (χ1n) is 10.7. The summed E-state index contributed by atoms with van der Waals surface area (Å²) in [5.41, 5.74) is 2.65. The van der Waals surface area contributed by atoms with Crippen molar-refractivity contribution >= 4 is 0 Å². The lowest BCUT2D eigenvalue weighted by Gasteiger charge is -2.26. The van der Waals surface area contributed by atoms with E-state index in [1.807, 2.05) is 46.9 Å². The van der Waals surface area contributed by atoms with Gasteiger partial charge in [-0.25, -0.2) is 15.0 Å². The molecule has 0 saturated carbocycles. The Labute approximate surface area is 188 Å². The molecule has 1 atom stereocenters. The summed E-state index contributed by atoms with van der Waals surface area (Å²) in [6.45, 7) is 2.66. The maximum Gasteiger partial charge on any atom is 0.416 e. The smallest absolute Gasteiger partial charge is 0.416 e. The molecule has 5 rings (SSSR count). The Kier molecular flexibility index (Phi) is 5.19. The number of aromatic nitrogens is 5. The lowest BCUT2D eigenvalue weighted by atomic mass is 9.87. The van der Waals surface area contributed by atoms with Crippen molar-refractivity contribution in [3.05, 3.63) is 77.8 Å². The average molecular weight is 454 g/mol. The van der Waals surface area contributed by atoms with Crippen molar-refractivity contribution in [3.8, 4) is 23.0 Å². The Bertz CT molecular complexity index is 1310. The van der Waals surface area contributed by atoms with Gasteiger partial charge in [-0.1, -0.05) is 18.2 Å². The van der Waals surface area contributed by atoms with Crippen molar-refractivity contribution in [3.63, 3.8) is 0 Å². The van der Waals surface area contributed by atoms with Gasteiger partial charge in [0.1, 0.15) is 23.4 Å². The molecule has 0 radical (unpaired) electrons. The number of pyridine rings is 1. The molecule has 0 spiro atoms. The maximum absolute atomic E-state index is 13.7. The Balaban J connectivity index is 1.55. The van der Waals surface area contributed by atoms with Crippen LogP contribution in [0, 0.1) is 6.92 Å². The van der Waals surface area contributed by atoms with Gasteiger partial charge in [-0.05, 0) is 36.6 Å². The van der Waals surface area contributed by atoms with Gasteiger partial charge in [0.15, 0.2) is 5.69 Å². The second-order valence-corrected chi connectivity index (χ2v) is 8.18. The molecule has 0 saturated heterocycles. The van der Waals surface area contributed by atoms with Gasteiger partial charge in [-0.15, -0.1) is 0 Å². The van der Waals surface area contributed by atoms with Crippen LogP contribution in [0.2, 0.25) is 0 Å². The van der Waals surface area contributed by atoms with Gasteiger partial charge in [-0.3, -0.25) is 0 Å². The summed E-state index contributed by atoms with van der Waals surface area (Å²) in [7, 11) is 1.55. The molecule has 6 nitrogen and oxygen atoms in total. The first-order valence-corrected chi connectivity index (χ1v) is 10.7. The minimum absolute atomic E-state index is 0.267. The van der Waals surface area contributed by atoms with Crippen LogP contribution in [-0.2, 0) is 12.7 Å². The van der Waals surface area contributed by atoms with Gasteiger partial charge in [0.05, 0.1) is 18.4 Å². The van der Waals surface area contributed by atoms with Crippen LogP contribution >= 0.6 is 0 Å². The predicted molar refractivity (Wildman–Crippen MR) is 115 cm³/mol. The highest BCUT2D eigenvalue weighted by atomic mass is 19.4. The molecule has 1 aliphatic heterocycles. The molecule has 0 bridgehead atoms. The molecular formula is C24H23F3N5O+. The van der Waals surface area contributed by atoms with Crippen molar-refractivity contribution in [1.29, 1.82) is 0 Å². The summed E-state index contributed by atoms with van der Waals surface area (Å²) in [4.78, 5) is 12.5. The molecule has 4 aromatic rings. The molecule has 4 heterocycles. The van der Waals surface area contributed by atoms with E-state index in [0.29, 0.717) is 36.1 Å². The molecule has 9 heteroatoms. The molecule has 33 heavy (non-hydrogen) atoms. The highest BCUT2D eigenvalue weighted by Crippen LogP contribution is 2.41. The van der Waals surface area contributed by atoms with Crippen LogP contribution in [0.25, 0.3) is 17.1 Å². The van der Waals surface area contributed by atoms with E-state index < -0.39 is 17.7 Å². The van der Waals surface area contributed by atoms with Crippen molar-refractivity contribution in [2.24, 2.45) is 0 Å². The number of nitrogens with one attached hydrogen (secondary N) is 1. The topological polar surface area (TPSA) is 59.6 Å². The normalized spacial score (nSPS) is 16.0. The second kappa shape index (κ2) is 8.06. The summed E-state index contributed by atoms with van der Waals surface area (Å²) in [6.07, 6.45) is 2.59. The summed E-state index contributed by atoms with van der Waals surface area (Å²) in [6, 6.07) is 9.52. The van der Waals surface area contributed by atoms with Crippen LogP contribution in [0.4, 0.5) is 13.2 Å². The summed E-state index contributed by atoms with van der Waals surface area (Å²) in [5.74, 6) is 0.639. The van der Waals surface area contributed by atoms with Gasteiger partial charge in [0, 0.05) is 25.6 Å². The molecule has 0 aliphatic carbocycles. The first-order chi connectivity index (χ1) is 15.8. The zero-order valence-corrected chi connectivity index (χ0v) is 18.2. The standard InChI is InChI=1S/C24H22F3N5O/c1-15-12-32(14-28-15)21-10-9-19(30-23(21)33-2)20-13-31-11-5-7-17(22(31)29-20)16-6-3-4-8-18(16)24(25,26)27/h3-4,6,8-10,12-14,17H,5,7,11H2,1-2H3/p+1. The first kappa shape index (κ1) is 21.2. The molecule has 0 fully saturated rings. The number of alkyl halides is 3. The Morgan fingerprint density at radius 2 is 1.94 bits per heavy atom. The second-order valence-electron chi connectivity index (χ2n) is 8.18. The van der Waals surface area contributed by atoms with Gasteiger partial charge in [0.25, 0.3) is 5.88 Å². The lowest BCUT2D eigenvalue weighted by Crippen LogP contribution is -2.28. The highest BCUT2D eigenvalue weighted by Gasteiger charge is 2.37. The van der Waals surface area contributed by atoms with E-state index in [1.54, 1.807) is 19.2 Å². The van der Waals surface area contributed by atoms with E-state index in [4.69, 9.17) is 9.72 Å². The summed E-state index contributed by atoms with van der Waals surface area (Å²) in [5, 5.41) is 0. The Hall–Kier alpha value is -3.62. The number of aromatic amines is 1. The highest BCUT2D eigenvalue weighted by molar-refractivity contribution is 5.57. The summed E-state index contributed by atoms with van der Waals surface area (Å²) >= 11 is 0. The van der Waals surface area contributed by atoms with Crippen molar-refractivity contribution in [2.75, 3.05) is 7.11 Å². The average Bonchev–Trinajstić information content (AvgIpc) is 3.44. The number of H-pyrrole nitrogens is 1. The maximum atomic E-state index is 13.7. The predicted octanol–water partition coefficient (Wildman–Crippen LogP) is 4.81. The lowest BCUT2D eigenvalue weighted by molar-refractivity contribution is -0.595. The van der Waals surface area contributed by atoms with Crippen LogP contribution in [0.3, 0.4) is 0 Å². The zero-order chi connectivity index (χ0) is 23.2. The number of nitrogens with zero attached hydrogens (tertiary/aromatic N) is 4. The van der Waals surface area contributed by atoms with Gasteiger partial charge < -0.3 is 9.30 Å². The number of aryl methyl sites for hydroxylation is 2. The number of fused-ring (bicyclic) bond motifs is 1. The van der Waals surface area contributed by atoms with E-state index in [1.165, 1.54) is 6.07 Å². The molecular weight excluding hydrogens is 431 g/mol. The third-order valence-electron chi connectivity index (χ3n) is 5.99. The molecule has 170 valence electrons. The summed E-state index contributed by atoms with van der Waals surface area (Å²) < 4.78 is 50.3. The molecule has 1 aliphatic rings. The van der Waals surface area contributed by atoms with Gasteiger partial charge in [0.2, 0.25) is 6.33 Å². The van der Waals surface area contributed by atoms with Crippen molar-refractivity contribution in [1.82, 2.24) is 19.5 Å². The van der Waals surface area contributed by atoms with Crippen LogP contribution in [0.15, 0.2) is 55.1 Å². The van der Waals surface area contributed by atoms with Gasteiger partial charge >= 0.3 is 6.18 Å². The monoisotopic (exact) mass is 454 g/mol. The number of benzene rings is 1. The number of hydrogen-bond donors (Lipinski definition) is 1. The van der Waals surface area contributed by atoms with Gasteiger partial charge in [-0.2, -0.15) is 17.7 Å². The number of ether oxygens (including phenoxy) is 1. The fourth-order valence-corrected chi connectivity index (χ4v) is 4.48. The van der Waals surface area contributed by atoms with E-state index in [9.17, 15) is 13.2 Å². The SMILES string of the molecule is COc1nc(-c2cn3c(n2)C(c2ccccc2C(F)(F)F)CCC3)ccc1-[n+]1c[nH]c(C)c1. The van der Waals surface area contributed by atoms with E-state index in [-0.39, 0.29) is 5.56 Å². The molecule has 1 N–H and O–H groups in total. The largest absolute Gasteiger partial charge is 0.478 e. The van der Waals surface area contributed by atoms with Crippen LogP contribution < -0.4 is 9.30 Å². The number of methoxy groups -OCH3 is 1. The number of halogens is 3. The molecule has 1 unspecified atom stereocenters. The fourth-order valence-electron chi connectivity index (χ4n) is 4.48. The third kappa shape index (κ3) is 3.88. The van der Waals surface area contributed by atoms with E-state index in [0.717, 1.165) is 23.9 Å². The Morgan fingerprint density at radius 3 is 2.67 bits per heavy atom. The van der Waals surface area contributed by atoms with Crippen LogP contribution in [-0.4, -0.2) is 26.6 Å². The molecule has 0 amide bonds. The number of hydrogen-bond acceptors (Lipinski definition) is 3. The van der Waals surface area contributed by atoms with Crippen LogP contribution in [0.1, 0.15) is 41.4 Å². The quantitative estimate of drug-likeness (QED) is 0.450. The molecule has 3 aromatic heterocycles.